The Labute approximate surface area is 217 Å². The maximum absolute atomic E-state index is 12.5. The van der Waals surface area contributed by atoms with Gasteiger partial charge in [0.25, 0.3) is 5.91 Å². The zero-order valence-electron chi connectivity index (χ0n) is 21.0. The van der Waals surface area contributed by atoms with E-state index in [0.29, 0.717) is 37.8 Å². The van der Waals surface area contributed by atoms with Gasteiger partial charge in [-0.25, -0.2) is 4.79 Å². The lowest BCUT2D eigenvalue weighted by Crippen LogP contribution is -2.49. The van der Waals surface area contributed by atoms with Crippen LogP contribution in [0, 0.1) is 0 Å². The van der Waals surface area contributed by atoms with E-state index in [0.717, 1.165) is 29.9 Å². The molecule has 1 aliphatic heterocycles. The predicted octanol–water partition coefficient (Wildman–Crippen LogP) is 4.57. The lowest BCUT2D eigenvalue weighted by molar-refractivity contribution is -0.148. The topological polar surface area (TPSA) is 68.3 Å². The summed E-state index contributed by atoms with van der Waals surface area (Å²) in [4.78, 5) is 28.7. The van der Waals surface area contributed by atoms with Crippen LogP contribution in [0.1, 0.15) is 18.1 Å². The van der Waals surface area contributed by atoms with Crippen LogP contribution in [0.3, 0.4) is 0 Å². The monoisotopic (exact) mass is 500 g/mol. The average molecular weight is 501 g/mol. The second kappa shape index (κ2) is 13.2. The van der Waals surface area contributed by atoms with Gasteiger partial charge in [0.15, 0.2) is 18.1 Å². The number of carbonyl (C=O) groups is 2. The maximum atomic E-state index is 12.5. The van der Waals surface area contributed by atoms with Gasteiger partial charge in [0.1, 0.15) is 6.61 Å². The van der Waals surface area contributed by atoms with Crippen LogP contribution in [-0.2, 0) is 20.9 Å². The molecule has 1 saturated heterocycles. The highest BCUT2D eigenvalue weighted by molar-refractivity contribution is 5.89. The molecule has 0 spiro atoms. The Hall–Kier alpha value is -4.26. The fraction of sp³-hybridized carbons (Fsp3) is 0.267. The number of amides is 1. The molecule has 7 nitrogen and oxygen atoms in total. The molecule has 0 N–H and O–H groups in total. The molecule has 0 aliphatic carbocycles. The first-order valence-electron chi connectivity index (χ1n) is 12.5. The van der Waals surface area contributed by atoms with Crippen LogP contribution < -0.4 is 14.4 Å². The Morgan fingerprint density at radius 3 is 2.24 bits per heavy atom. The van der Waals surface area contributed by atoms with Crippen LogP contribution in [0.15, 0.2) is 84.9 Å². The van der Waals surface area contributed by atoms with Gasteiger partial charge in [0.2, 0.25) is 0 Å². The standard InChI is InChI=1S/C30H32N2O5/c1-2-35-28-21-24(13-15-27(28)36-22-25-9-5-3-6-10-25)14-16-30(34)37-23-29(33)32-19-17-31(18-20-32)26-11-7-4-8-12-26/h3-16,21H,2,17-20,22-23H2,1H3/b16-14+. The van der Waals surface area contributed by atoms with Crippen molar-refractivity contribution in [3.05, 3.63) is 96.1 Å². The molecular weight excluding hydrogens is 468 g/mol. The molecule has 0 aromatic heterocycles. The van der Waals surface area contributed by atoms with Crippen LogP contribution in [0.2, 0.25) is 0 Å². The average Bonchev–Trinajstić information content (AvgIpc) is 2.95. The van der Waals surface area contributed by atoms with Crippen molar-refractivity contribution in [2.45, 2.75) is 13.5 Å². The van der Waals surface area contributed by atoms with E-state index in [-0.39, 0.29) is 12.5 Å². The number of piperazine rings is 1. The minimum Gasteiger partial charge on any atom is -0.490 e. The Bertz CT molecular complexity index is 1190. The van der Waals surface area contributed by atoms with Gasteiger partial charge in [0.05, 0.1) is 6.61 Å². The summed E-state index contributed by atoms with van der Waals surface area (Å²) < 4.78 is 16.8. The first kappa shape index (κ1) is 25.8. The summed E-state index contributed by atoms with van der Waals surface area (Å²) in [7, 11) is 0. The summed E-state index contributed by atoms with van der Waals surface area (Å²) in [5, 5.41) is 0. The number of para-hydroxylation sites is 1. The van der Waals surface area contributed by atoms with Crippen molar-refractivity contribution >= 4 is 23.6 Å². The van der Waals surface area contributed by atoms with Crippen molar-refractivity contribution in [2.75, 3.05) is 44.3 Å². The molecule has 37 heavy (non-hydrogen) atoms. The molecule has 0 atom stereocenters. The molecule has 0 radical (unpaired) electrons. The summed E-state index contributed by atoms with van der Waals surface area (Å²) in [5.41, 5.74) is 2.97. The largest absolute Gasteiger partial charge is 0.490 e. The van der Waals surface area contributed by atoms with Gasteiger partial charge >= 0.3 is 5.97 Å². The molecule has 1 amide bonds. The highest BCUT2D eigenvalue weighted by atomic mass is 16.5. The van der Waals surface area contributed by atoms with E-state index in [1.807, 2.05) is 73.7 Å². The van der Waals surface area contributed by atoms with Gasteiger partial charge in [0, 0.05) is 37.9 Å². The van der Waals surface area contributed by atoms with Gasteiger partial charge in [-0.1, -0.05) is 54.6 Å². The van der Waals surface area contributed by atoms with Crippen molar-refractivity contribution in [2.24, 2.45) is 0 Å². The van der Waals surface area contributed by atoms with Crippen LogP contribution in [-0.4, -0.2) is 56.2 Å². The van der Waals surface area contributed by atoms with Crippen LogP contribution in [0.25, 0.3) is 6.08 Å². The Kier molecular flexibility index (Phi) is 9.18. The summed E-state index contributed by atoms with van der Waals surface area (Å²) in [6, 6.07) is 25.5. The second-order valence-electron chi connectivity index (χ2n) is 8.56. The Balaban J connectivity index is 1.25. The zero-order chi connectivity index (χ0) is 25.9. The molecule has 192 valence electrons. The number of carbonyl (C=O) groups excluding carboxylic acids is 2. The lowest BCUT2D eigenvalue weighted by atomic mass is 10.2. The predicted molar refractivity (Wildman–Crippen MR) is 144 cm³/mol. The number of anilines is 1. The molecule has 0 saturated carbocycles. The van der Waals surface area contributed by atoms with Crippen molar-refractivity contribution in [3.63, 3.8) is 0 Å². The summed E-state index contributed by atoms with van der Waals surface area (Å²) >= 11 is 0. The zero-order valence-corrected chi connectivity index (χ0v) is 21.0. The highest BCUT2D eigenvalue weighted by Crippen LogP contribution is 2.30. The number of hydrogen-bond donors (Lipinski definition) is 0. The van der Waals surface area contributed by atoms with Crippen molar-refractivity contribution in [1.29, 1.82) is 0 Å². The summed E-state index contributed by atoms with van der Waals surface area (Å²) in [5.74, 6) is 0.466. The first-order valence-corrected chi connectivity index (χ1v) is 12.5. The van der Waals surface area contributed by atoms with Crippen LogP contribution >= 0.6 is 0 Å². The van der Waals surface area contributed by atoms with Gasteiger partial charge in [-0.2, -0.15) is 0 Å². The van der Waals surface area contributed by atoms with Crippen LogP contribution in [0.4, 0.5) is 5.69 Å². The van der Waals surface area contributed by atoms with Crippen LogP contribution in [0.5, 0.6) is 11.5 Å². The molecule has 0 unspecified atom stereocenters. The van der Waals surface area contributed by atoms with E-state index in [9.17, 15) is 9.59 Å². The molecule has 1 heterocycles. The van der Waals surface area contributed by atoms with E-state index in [1.165, 1.54) is 6.08 Å². The van der Waals surface area contributed by atoms with Crippen molar-refractivity contribution < 1.29 is 23.8 Å². The molecule has 7 heteroatoms. The highest BCUT2D eigenvalue weighted by Gasteiger charge is 2.21. The Morgan fingerprint density at radius 1 is 0.838 bits per heavy atom. The molecule has 1 fully saturated rings. The quantitative estimate of drug-likeness (QED) is 0.300. The van der Waals surface area contributed by atoms with Crippen molar-refractivity contribution in [1.82, 2.24) is 4.90 Å². The molecule has 3 aromatic rings. The number of benzene rings is 3. The molecule has 1 aliphatic rings. The fourth-order valence-corrected chi connectivity index (χ4v) is 4.04. The minimum atomic E-state index is -0.571. The fourth-order valence-electron chi connectivity index (χ4n) is 4.04. The van der Waals surface area contributed by atoms with Gasteiger partial charge in [-0.15, -0.1) is 0 Å². The second-order valence-corrected chi connectivity index (χ2v) is 8.56. The summed E-state index contributed by atoms with van der Waals surface area (Å²) in [6.45, 7) is 5.23. The lowest BCUT2D eigenvalue weighted by Gasteiger charge is -2.36. The van der Waals surface area contributed by atoms with E-state index in [1.54, 1.807) is 11.0 Å². The third kappa shape index (κ3) is 7.61. The smallest absolute Gasteiger partial charge is 0.331 e. The molecule has 4 rings (SSSR count). The number of rotatable bonds is 10. The van der Waals surface area contributed by atoms with E-state index in [2.05, 4.69) is 17.0 Å². The molecular formula is C30H32N2O5. The number of nitrogens with zero attached hydrogens (tertiary/aromatic N) is 2. The van der Waals surface area contributed by atoms with Gasteiger partial charge in [-0.3, -0.25) is 4.79 Å². The first-order chi connectivity index (χ1) is 18.1. The minimum absolute atomic E-state index is 0.187. The van der Waals surface area contributed by atoms with Gasteiger partial charge < -0.3 is 24.0 Å². The Morgan fingerprint density at radius 2 is 1.54 bits per heavy atom. The molecule has 3 aromatic carbocycles. The summed E-state index contributed by atoms with van der Waals surface area (Å²) in [6.07, 6.45) is 2.95. The molecule has 0 bridgehead atoms. The van der Waals surface area contributed by atoms with E-state index < -0.39 is 5.97 Å². The SMILES string of the molecule is CCOc1cc(/C=C/C(=O)OCC(=O)N2CCN(c3ccccc3)CC2)ccc1OCc1ccccc1. The third-order valence-corrected chi connectivity index (χ3v) is 6.01. The number of hydrogen-bond acceptors (Lipinski definition) is 6. The number of esters is 1. The number of ether oxygens (including phenoxy) is 3. The van der Waals surface area contributed by atoms with Crippen molar-refractivity contribution in [3.8, 4) is 11.5 Å². The van der Waals surface area contributed by atoms with E-state index in [4.69, 9.17) is 14.2 Å². The maximum Gasteiger partial charge on any atom is 0.331 e. The van der Waals surface area contributed by atoms with Gasteiger partial charge in [-0.05, 0) is 48.4 Å². The third-order valence-electron chi connectivity index (χ3n) is 6.01. The van der Waals surface area contributed by atoms with E-state index >= 15 is 0 Å². The normalized spacial score (nSPS) is 13.4.